The summed E-state index contributed by atoms with van der Waals surface area (Å²) in [6, 6.07) is 30.9. The van der Waals surface area contributed by atoms with Crippen LogP contribution in [0.15, 0.2) is 96.2 Å². The molecule has 0 saturated carbocycles. The van der Waals surface area contributed by atoms with Crippen LogP contribution in [0.2, 0.25) is 0 Å². The van der Waals surface area contributed by atoms with Crippen LogP contribution >= 0.6 is 11.8 Å². The minimum absolute atomic E-state index is 0.646. The lowest BCUT2D eigenvalue weighted by atomic mass is 10.1. The van der Waals surface area contributed by atoms with Crippen molar-refractivity contribution in [3.8, 4) is 11.3 Å². The van der Waals surface area contributed by atoms with E-state index in [0.29, 0.717) is 13.1 Å². The number of fused-ring (bicyclic) bond motifs is 1. The van der Waals surface area contributed by atoms with Gasteiger partial charge in [0.05, 0.1) is 11.9 Å². The quantitative estimate of drug-likeness (QED) is 0.255. The lowest BCUT2D eigenvalue weighted by molar-refractivity contribution is 0.702. The first kappa shape index (κ1) is 20.3. The van der Waals surface area contributed by atoms with E-state index >= 15 is 0 Å². The Morgan fingerprint density at radius 3 is 2.06 bits per heavy atom. The molecule has 2 aromatic heterocycles. The second kappa shape index (κ2) is 9.24. The van der Waals surface area contributed by atoms with E-state index in [-0.39, 0.29) is 0 Å². The van der Waals surface area contributed by atoms with Crippen molar-refractivity contribution in [3.63, 3.8) is 0 Å². The van der Waals surface area contributed by atoms with Gasteiger partial charge < -0.3 is 5.32 Å². The van der Waals surface area contributed by atoms with Crippen LogP contribution in [-0.2, 0) is 13.1 Å². The highest BCUT2D eigenvalue weighted by Gasteiger charge is 2.20. The summed E-state index contributed by atoms with van der Waals surface area (Å²) in [6.07, 6.45) is 2.00. The van der Waals surface area contributed by atoms with Crippen molar-refractivity contribution >= 4 is 28.6 Å². The predicted molar refractivity (Wildman–Crippen MR) is 132 cm³/mol. The van der Waals surface area contributed by atoms with Crippen LogP contribution in [0.1, 0.15) is 11.1 Å². The number of aromatic nitrogens is 4. The number of nitrogens with one attached hydrogen (secondary N) is 1. The molecule has 5 nitrogen and oxygen atoms in total. The van der Waals surface area contributed by atoms with Crippen molar-refractivity contribution in [3.05, 3.63) is 102 Å². The van der Waals surface area contributed by atoms with E-state index in [0.717, 1.165) is 33.3 Å². The van der Waals surface area contributed by atoms with Crippen molar-refractivity contribution in [2.24, 2.45) is 0 Å². The zero-order valence-electron chi connectivity index (χ0n) is 17.8. The van der Waals surface area contributed by atoms with Crippen LogP contribution in [0.25, 0.3) is 22.3 Å². The Balaban J connectivity index is 1.66. The number of benzene rings is 3. The summed E-state index contributed by atoms with van der Waals surface area (Å²) in [6.45, 7) is 1.33. The third-order valence-electron chi connectivity index (χ3n) is 5.28. The summed E-state index contributed by atoms with van der Waals surface area (Å²) in [4.78, 5) is 9.69. The molecule has 5 rings (SSSR count). The first-order chi connectivity index (χ1) is 15.8. The maximum atomic E-state index is 5.01. The Labute approximate surface area is 191 Å². The van der Waals surface area contributed by atoms with Gasteiger partial charge in [0, 0.05) is 12.1 Å². The average Bonchev–Trinajstić information content (AvgIpc) is 3.22. The SMILES string of the molecule is CSc1nc(NCc2ccccc2)c2c(-c3ccccc3)nn(Cc3ccccc3)c2n1. The Bertz CT molecular complexity index is 1320. The second-order valence-electron chi connectivity index (χ2n) is 7.45. The molecule has 0 aliphatic rings. The number of hydrogen-bond donors (Lipinski definition) is 1. The summed E-state index contributed by atoms with van der Waals surface area (Å²) >= 11 is 1.54. The van der Waals surface area contributed by atoms with E-state index in [9.17, 15) is 0 Å². The van der Waals surface area contributed by atoms with Gasteiger partial charge >= 0.3 is 0 Å². The van der Waals surface area contributed by atoms with Crippen LogP contribution in [0.4, 0.5) is 5.82 Å². The molecular formula is C26H23N5S. The monoisotopic (exact) mass is 437 g/mol. The number of nitrogens with zero attached hydrogens (tertiary/aromatic N) is 4. The van der Waals surface area contributed by atoms with E-state index < -0.39 is 0 Å². The Kier molecular flexibility index (Phi) is 5.85. The predicted octanol–water partition coefficient (Wildman–Crippen LogP) is 5.88. The fraction of sp³-hybridized carbons (Fsp3) is 0.115. The smallest absolute Gasteiger partial charge is 0.191 e. The molecule has 5 aromatic rings. The van der Waals surface area contributed by atoms with Gasteiger partial charge in [-0.15, -0.1) is 0 Å². The van der Waals surface area contributed by atoms with E-state index in [4.69, 9.17) is 15.1 Å². The van der Waals surface area contributed by atoms with Crippen LogP contribution in [0.5, 0.6) is 0 Å². The summed E-state index contributed by atoms with van der Waals surface area (Å²) in [5.74, 6) is 0.807. The third-order valence-corrected chi connectivity index (χ3v) is 5.83. The van der Waals surface area contributed by atoms with Gasteiger partial charge in [-0.2, -0.15) is 5.10 Å². The van der Waals surface area contributed by atoms with Gasteiger partial charge in [0.15, 0.2) is 10.8 Å². The van der Waals surface area contributed by atoms with Crippen molar-refractivity contribution in [2.45, 2.75) is 18.2 Å². The van der Waals surface area contributed by atoms with Gasteiger partial charge in [0.1, 0.15) is 11.5 Å². The molecule has 0 aliphatic carbocycles. The summed E-state index contributed by atoms with van der Waals surface area (Å²) in [5, 5.41) is 10.2. The molecule has 0 spiro atoms. The first-order valence-corrected chi connectivity index (χ1v) is 11.7. The molecule has 2 heterocycles. The van der Waals surface area contributed by atoms with Gasteiger partial charge in [0.25, 0.3) is 0 Å². The molecule has 0 atom stereocenters. The van der Waals surface area contributed by atoms with Gasteiger partial charge in [-0.25, -0.2) is 14.6 Å². The number of anilines is 1. The molecule has 0 unspecified atom stereocenters. The topological polar surface area (TPSA) is 55.6 Å². The average molecular weight is 438 g/mol. The molecule has 0 bridgehead atoms. The largest absolute Gasteiger partial charge is 0.365 e. The third kappa shape index (κ3) is 4.22. The fourth-order valence-corrected chi connectivity index (χ4v) is 4.08. The highest BCUT2D eigenvalue weighted by Crippen LogP contribution is 2.33. The van der Waals surface area contributed by atoms with Crippen LogP contribution in [-0.4, -0.2) is 26.0 Å². The molecular weight excluding hydrogens is 414 g/mol. The zero-order chi connectivity index (χ0) is 21.8. The second-order valence-corrected chi connectivity index (χ2v) is 8.23. The maximum absolute atomic E-state index is 5.01. The van der Waals surface area contributed by atoms with E-state index in [2.05, 4.69) is 41.7 Å². The minimum Gasteiger partial charge on any atom is -0.365 e. The van der Waals surface area contributed by atoms with Crippen LogP contribution in [0, 0.1) is 0 Å². The van der Waals surface area contributed by atoms with Gasteiger partial charge in [-0.3, -0.25) is 0 Å². The highest BCUT2D eigenvalue weighted by molar-refractivity contribution is 7.98. The molecule has 0 radical (unpaired) electrons. The van der Waals surface area contributed by atoms with Crippen molar-refractivity contribution in [2.75, 3.05) is 11.6 Å². The van der Waals surface area contributed by atoms with Crippen molar-refractivity contribution < 1.29 is 0 Å². The Hall–Kier alpha value is -3.64. The summed E-state index contributed by atoms with van der Waals surface area (Å²) < 4.78 is 1.99. The molecule has 32 heavy (non-hydrogen) atoms. The maximum Gasteiger partial charge on any atom is 0.191 e. The lowest BCUT2D eigenvalue weighted by Crippen LogP contribution is -2.06. The van der Waals surface area contributed by atoms with Gasteiger partial charge in [0.2, 0.25) is 0 Å². The fourth-order valence-electron chi connectivity index (χ4n) is 3.72. The summed E-state index contributed by atoms with van der Waals surface area (Å²) in [7, 11) is 0. The molecule has 0 fully saturated rings. The van der Waals surface area contributed by atoms with Crippen LogP contribution < -0.4 is 5.32 Å². The van der Waals surface area contributed by atoms with E-state index in [1.807, 2.05) is 65.5 Å². The molecule has 0 saturated heterocycles. The standard InChI is InChI=1S/C26H23N5S/c1-32-26-28-24(27-17-19-11-5-2-6-12-19)22-23(21-15-9-4-10-16-21)30-31(25(22)29-26)18-20-13-7-3-8-14-20/h2-16H,17-18H2,1H3,(H,27,28,29). The Morgan fingerprint density at radius 1 is 0.781 bits per heavy atom. The van der Waals surface area contributed by atoms with Gasteiger partial charge in [-0.05, 0) is 17.4 Å². The molecule has 158 valence electrons. The van der Waals surface area contributed by atoms with E-state index in [1.54, 1.807) is 0 Å². The van der Waals surface area contributed by atoms with Crippen molar-refractivity contribution in [1.29, 1.82) is 0 Å². The zero-order valence-corrected chi connectivity index (χ0v) is 18.6. The molecule has 6 heteroatoms. The number of thioether (sulfide) groups is 1. The van der Waals surface area contributed by atoms with Crippen molar-refractivity contribution in [1.82, 2.24) is 19.7 Å². The molecule has 0 amide bonds. The lowest BCUT2D eigenvalue weighted by Gasteiger charge is -2.10. The van der Waals surface area contributed by atoms with E-state index in [1.165, 1.54) is 22.9 Å². The first-order valence-electron chi connectivity index (χ1n) is 10.5. The number of rotatable bonds is 7. The molecule has 0 aliphatic heterocycles. The molecule has 3 aromatic carbocycles. The van der Waals surface area contributed by atoms with Crippen LogP contribution in [0.3, 0.4) is 0 Å². The summed E-state index contributed by atoms with van der Waals surface area (Å²) in [5.41, 5.74) is 5.15. The van der Waals surface area contributed by atoms with Gasteiger partial charge in [-0.1, -0.05) is 103 Å². The number of hydrogen-bond acceptors (Lipinski definition) is 5. The molecule has 1 N–H and O–H groups in total. The highest BCUT2D eigenvalue weighted by atomic mass is 32.2. The Morgan fingerprint density at radius 2 is 1.41 bits per heavy atom. The minimum atomic E-state index is 0.646. The normalized spacial score (nSPS) is 11.0.